The highest BCUT2D eigenvalue weighted by Crippen LogP contribution is 2.31. The number of Topliss-reactive ketones (excluding diaryl/α,β-unsaturated/α-hetero) is 1. The fourth-order valence-corrected chi connectivity index (χ4v) is 5.56. The minimum atomic E-state index is -0.879. The van der Waals surface area contributed by atoms with Gasteiger partial charge in [0.1, 0.15) is 0 Å². The van der Waals surface area contributed by atoms with Gasteiger partial charge in [0.15, 0.2) is 17.3 Å². The van der Waals surface area contributed by atoms with Crippen LogP contribution < -0.4 is 19.9 Å². The molecule has 0 spiro atoms. The highest BCUT2D eigenvalue weighted by molar-refractivity contribution is 5.99. The number of carboxylic acids is 1. The van der Waals surface area contributed by atoms with Gasteiger partial charge in [0.25, 0.3) is 0 Å². The van der Waals surface area contributed by atoms with Crippen LogP contribution in [-0.4, -0.2) is 30.1 Å². The van der Waals surface area contributed by atoms with Gasteiger partial charge in [-0.15, -0.1) is 0 Å². The summed E-state index contributed by atoms with van der Waals surface area (Å²) >= 11 is 0. The molecule has 208 valence electrons. The van der Waals surface area contributed by atoms with E-state index in [1.54, 1.807) is 30.3 Å². The van der Waals surface area contributed by atoms with Crippen LogP contribution in [0.1, 0.15) is 52.1 Å². The molecule has 4 aromatic carbocycles. The van der Waals surface area contributed by atoms with Gasteiger partial charge >= 0.3 is 5.97 Å². The molecule has 1 unspecified atom stereocenters. The molecule has 5 heteroatoms. The van der Waals surface area contributed by atoms with Crippen LogP contribution in [0.25, 0.3) is 23.3 Å². The molecule has 0 heterocycles. The lowest BCUT2D eigenvalue weighted by Gasteiger charge is -2.22. The standard InChI is InChI=1S/C29H28O3.C7H6O2/c1-3-31-27-16-12-22(18-28(27)32-4-2)29(30)21-11-13-24-20(17-21)10-15-25-23-8-6-5-7-19(23)9-14-26(24)25;8-7(9)6-4-2-1-3-5-6/h5-8,10,12-16,18,21H,3-4,9,11,17H2,1-2H3;1-5H,(H,8,9). The Morgan fingerprint density at radius 1 is 0.732 bits per heavy atom. The van der Waals surface area contributed by atoms with E-state index in [4.69, 9.17) is 14.6 Å². The third-order valence-corrected chi connectivity index (χ3v) is 7.50. The fraction of sp³-hybridized carbons (Fsp3) is 0.222. The van der Waals surface area contributed by atoms with Crippen molar-refractivity contribution in [1.29, 1.82) is 0 Å². The van der Waals surface area contributed by atoms with Crippen molar-refractivity contribution in [2.75, 3.05) is 13.2 Å². The normalized spacial score (nSPS) is 14.4. The first-order valence-corrected chi connectivity index (χ1v) is 14.1. The van der Waals surface area contributed by atoms with Crippen LogP contribution in [0.2, 0.25) is 0 Å². The van der Waals surface area contributed by atoms with Crippen LogP contribution >= 0.6 is 0 Å². The smallest absolute Gasteiger partial charge is 0.335 e. The molecule has 0 aliphatic heterocycles. The zero-order chi connectivity index (χ0) is 28.8. The Hall–Kier alpha value is -4.64. The second-order valence-electron chi connectivity index (χ2n) is 10.1. The van der Waals surface area contributed by atoms with E-state index in [1.165, 1.54) is 32.7 Å². The molecule has 0 saturated heterocycles. The molecule has 0 bridgehead atoms. The summed E-state index contributed by atoms with van der Waals surface area (Å²) in [7, 11) is 0. The van der Waals surface area contributed by atoms with Crippen LogP contribution in [0.3, 0.4) is 0 Å². The molecule has 5 nitrogen and oxygen atoms in total. The van der Waals surface area contributed by atoms with Crippen molar-refractivity contribution in [3.8, 4) is 22.6 Å². The first kappa shape index (κ1) is 27.9. The largest absolute Gasteiger partial charge is 0.490 e. The maximum absolute atomic E-state index is 13.4. The Balaban J connectivity index is 0.000000321. The Bertz CT molecular complexity index is 1690. The Morgan fingerprint density at radius 2 is 1.46 bits per heavy atom. The Morgan fingerprint density at radius 3 is 2.20 bits per heavy atom. The molecule has 2 aliphatic rings. The van der Waals surface area contributed by atoms with Crippen molar-refractivity contribution in [1.82, 2.24) is 0 Å². The zero-order valence-electron chi connectivity index (χ0n) is 23.4. The van der Waals surface area contributed by atoms with Crippen molar-refractivity contribution < 1.29 is 24.2 Å². The summed E-state index contributed by atoms with van der Waals surface area (Å²) in [5, 5.41) is 11.0. The number of hydrogen-bond donors (Lipinski definition) is 1. The number of fused-ring (bicyclic) bond motifs is 5. The van der Waals surface area contributed by atoms with Gasteiger partial charge in [-0.2, -0.15) is 0 Å². The van der Waals surface area contributed by atoms with Crippen molar-refractivity contribution >= 4 is 23.9 Å². The summed E-state index contributed by atoms with van der Waals surface area (Å²) in [6.07, 6.45) is 7.10. The van der Waals surface area contributed by atoms with Gasteiger partial charge in [0, 0.05) is 11.5 Å². The van der Waals surface area contributed by atoms with Gasteiger partial charge in [-0.1, -0.05) is 66.7 Å². The SMILES string of the molecule is CCOc1ccc(C(=O)C2CC=c3c(ccc4c3=CCc3ccccc3-4)C2)cc1OCC.O=C(O)c1ccccc1. The van der Waals surface area contributed by atoms with E-state index in [2.05, 4.69) is 48.6 Å². The highest BCUT2D eigenvalue weighted by atomic mass is 16.5. The fourth-order valence-electron chi connectivity index (χ4n) is 5.56. The monoisotopic (exact) mass is 546 g/mol. The van der Waals surface area contributed by atoms with Crippen molar-refractivity contribution in [3.05, 3.63) is 118 Å². The van der Waals surface area contributed by atoms with E-state index < -0.39 is 5.97 Å². The maximum Gasteiger partial charge on any atom is 0.335 e. The molecule has 0 fully saturated rings. The van der Waals surface area contributed by atoms with Crippen LogP contribution in [0, 0.1) is 5.92 Å². The minimum absolute atomic E-state index is 0.0520. The van der Waals surface area contributed by atoms with Crippen LogP contribution in [0.15, 0.2) is 84.9 Å². The van der Waals surface area contributed by atoms with Gasteiger partial charge < -0.3 is 14.6 Å². The van der Waals surface area contributed by atoms with Gasteiger partial charge in [0.05, 0.1) is 18.8 Å². The van der Waals surface area contributed by atoms with Crippen LogP contribution in [0.4, 0.5) is 0 Å². The number of aromatic carboxylic acids is 1. The lowest BCUT2D eigenvalue weighted by molar-refractivity contribution is 0.0696. The minimum Gasteiger partial charge on any atom is -0.490 e. The quantitative estimate of drug-likeness (QED) is 0.284. The molecule has 0 aromatic heterocycles. The van der Waals surface area contributed by atoms with Gasteiger partial charge in [0.2, 0.25) is 0 Å². The summed E-state index contributed by atoms with van der Waals surface area (Å²) < 4.78 is 11.4. The number of carboxylic acid groups (broad SMARTS) is 1. The molecular formula is C36H34O5. The lowest BCUT2D eigenvalue weighted by Crippen LogP contribution is -2.37. The summed E-state index contributed by atoms with van der Waals surface area (Å²) in [5.74, 6) is 0.569. The zero-order valence-corrected chi connectivity index (χ0v) is 23.4. The maximum atomic E-state index is 13.4. The molecule has 41 heavy (non-hydrogen) atoms. The molecular weight excluding hydrogens is 512 g/mol. The molecule has 2 aliphatic carbocycles. The molecule has 0 amide bonds. The number of hydrogen-bond acceptors (Lipinski definition) is 4. The number of ether oxygens (including phenoxy) is 2. The van der Waals surface area contributed by atoms with E-state index in [0.717, 1.165) is 19.3 Å². The number of ketones is 1. The average molecular weight is 547 g/mol. The lowest BCUT2D eigenvalue weighted by atomic mass is 9.81. The Labute approximate surface area is 240 Å². The van der Waals surface area contributed by atoms with Gasteiger partial charge in [-0.3, -0.25) is 4.79 Å². The second kappa shape index (κ2) is 12.7. The van der Waals surface area contributed by atoms with Crippen molar-refractivity contribution in [2.45, 2.75) is 33.1 Å². The molecule has 0 saturated carbocycles. The number of rotatable bonds is 7. The number of carbonyl (C=O) groups excluding carboxylic acids is 1. The molecule has 1 atom stereocenters. The third kappa shape index (κ3) is 6.09. The Kier molecular flexibility index (Phi) is 8.64. The van der Waals surface area contributed by atoms with Crippen LogP contribution in [-0.2, 0) is 12.8 Å². The van der Waals surface area contributed by atoms with Gasteiger partial charge in [-0.05, 0) is 96.1 Å². The molecule has 0 radical (unpaired) electrons. The van der Waals surface area contributed by atoms with Crippen molar-refractivity contribution in [3.63, 3.8) is 0 Å². The molecule has 6 rings (SSSR count). The van der Waals surface area contributed by atoms with E-state index in [9.17, 15) is 9.59 Å². The number of benzene rings is 4. The summed E-state index contributed by atoms with van der Waals surface area (Å²) in [6, 6.07) is 26.9. The average Bonchev–Trinajstić information content (AvgIpc) is 3.02. The highest BCUT2D eigenvalue weighted by Gasteiger charge is 2.25. The topological polar surface area (TPSA) is 72.8 Å². The van der Waals surface area contributed by atoms with E-state index >= 15 is 0 Å². The molecule has 1 N–H and O–H groups in total. The van der Waals surface area contributed by atoms with E-state index in [-0.39, 0.29) is 11.7 Å². The predicted molar refractivity (Wildman–Crippen MR) is 162 cm³/mol. The first-order valence-electron chi connectivity index (χ1n) is 14.1. The summed E-state index contributed by atoms with van der Waals surface area (Å²) in [6.45, 7) is 4.98. The van der Waals surface area contributed by atoms with Crippen molar-refractivity contribution in [2.24, 2.45) is 5.92 Å². The predicted octanol–water partition coefficient (Wildman–Crippen LogP) is 6.10. The molecule has 4 aromatic rings. The third-order valence-electron chi connectivity index (χ3n) is 7.50. The van der Waals surface area contributed by atoms with E-state index in [1.807, 2.05) is 32.0 Å². The summed E-state index contributed by atoms with van der Waals surface area (Å²) in [4.78, 5) is 23.6. The van der Waals surface area contributed by atoms with Crippen LogP contribution in [0.5, 0.6) is 11.5 Å². The van der Waals surface area contributed by atoms with Gasteiger partial charge in [-0.25, -0.2) is 4.79 Å². The summed E-state index contributed by atoms with van der Waals surface area (Å²) in [5.41, 5.74) is 6.30. The number of carbonyl (C=O) groups is 2. The van der Waals surface area contributed by atoms with E-state index in [0.29, 0.717) is 35.8 Å². The second-order valence-corrected chi connectivity index (χ2v) is 10.1. The first-order chi connectivity index (χ1) is 20.0.